The zero-order valence-electron chi connectivity index (χ0n) is 10.3. The second-order valence-electron chi connectivity index (χ2n) is 3.96. The van der Waals surface area contributed by atoms with Crippen LogP contribution in [0.4, 0.5) is 8.78 Å². The predicted molar refractivity (Wildman–Crippen MR) is 64.0 cm³/mol. The molecule has 0 radical (unpaired) electrons. The van der Waals surface area contributed by atoms with Crippen molar-refractivity contribution in [1.82, 2.24) is 4.31 Å². The van der Waals surface area contributed by atoms with Crippen molar-refractivity contribution < 1.29 is 27.1 Å². The van der Waals surface area contributed by atoms with Crippen molar-refractivity contribution in [1.29, 1.82) is 0 Å². The van der Waals surface area contributed by atoms with E-state index in [4.69, 9.17) is 5.11 Å². The normalized spacial score (nSPS) is 12.1. The van der Waals surface area contributed by atoms with Gasteiger partial charge in [-0.25, -0.2) is 22.0 Å². The highest BCUT2D eigenvalue weighted by atomic mass is 32.2. The van der Waals surface area contributed by atoms with Crippen LogP contribution in [0.3, 0.4) is 0 Å². The van der Waals surface area contributed by atoms with Gasteiger partial charge in [0.1, 0.15) is 0 Å². The number of benzene rings is 1. The third kappa shape index (κ3) is 3.48. The van der Waals surface area contributed by atoms with Crippen LogP contribution in [-0.4, -0.2) is 43.8 Å². The quantitative estimate of drug-likeness (QED) is 0.894. The molecular weight excluding hydrogens is 280 g/mol. The predicted octanol–water partition coefficient (Wildman–Crippen LogP) is 1.58. The lowest BCUT2D eigenvalue weighted by atomic mass is 10.1. The molecular formula is C11H13F2NO4S. The first-order valence-electron chi connectivity index (χ1n) is 5.24. The largest absolute Gasteiger partial charge is 0.478 e. The molecule has 1 aromatic carbocycles. The maximum atomic E-state index is 12.2. The topological polar surface area (TPSA) is 74.7 Å². The van der Waals surface area contributed by atoms with E-state index in [-0.39, 0.29) is 10.5 Å². The number of carboxylic acid groups (broad SMARTS) is 1. The molecule has 0 heterocycles. The van der Waals surface area contributed by atoms with E-state index >= 15 is 0 Å². The lowest BCUT2D eigenvalue weighted by molar-refractivity contribution is 0.0695. The van der Waals surface area contributed by atoms with Crippen molar-refractivity contribution in [2.75, 3.05) is 13.6 Å². The van der Waals surface area contributed by atoms with Gasteiger partial charge in [0.15, 0.2) is 0 Å². The molecule has 0 aliphatic carbocycles. The SMILES string of the molecule is Cc1ccc(S(=O)(=O)N(C)CC(F)F)cc1C(=O)O. The number of rotatable bonds is 5. The van der Waals surface area contributed by atoms with Crippen LogP contribution in [0.25, 0.3) is 0 Å². The van der Waals surface area contributed by atoms with Gasteiger partial charge in [0.05, 0.1) is 17.0 Å². The zero-order chi connectivity index (χ0) is 14.8. The fourth-order valence-corrected chi connectivity index (χ4v) is 2.64. The number of nitrogens with zero attached hydrogens (tertiary/aromatic N) is 1. The van der Waals surface area contributed by atoms with E-state index in [1.165, 1.54) is 19.1 Å². The number of carbonyl (C=O) groups is 1. The molecule has 0 amide bonds. The number of alkyl halides is 2. The van der Waals surface area contributed by atoms with Crippen LogP contribution in [0.2, 0.25) is 0 Å². The average molecular weight is 293 g/mol. The van der Waals surface area contributed by atoms with Gasteiger partial charge in [-0.05, 0) is 24.6 Å². The number of aromatic carboxylic acids is 1. The Morgan fingerprint density at radius 1 is 1.42 bits per heavy atom. The van der Waals surface area contributed by atoms with E-state index in [2.05, 4.69) is 0 Å². The van der Waals surface area contributed by atoms with Crippen molar-refractivity contribution >= 4 is 16.0 Å². The van der Waals surface area contributed by atoms with Crippen molar-refractivity contribution in [2.24, 2.45) is 0 Å². The Balaban J connectivity index is 3.22. The van der Waals surface area contributed by atoms with Crippen molar-refractivity contribution in [3.05, 3.63) is 29.3 Å². The minimum Gasteiger partial charge on any atom is -0.478 e. The third-order valence-corrected chi connectivity index (χ3v) is 4.36. The number of carboxylic acids is 1. The van der Waals surface area contributed by atoms with Crippen molar-refractivity contribution in [2.45, 2.75) is 18.2 Å². The summed E-state index contributed by atoms with van der Waals surface area (Å²) in [5.74, 6) is -1.27. The smallest absolute Gasteiger partial charge is 0.335 e. The van der Waals surface area contributed by atoms with Crippen molar-refractivity contribution in [3.63, 3.8) is 0 Å². The molecule has 106 valence electrons. The van der Waals surface area contributed by atoms with E-state index in [0.29, 0.717) is 9.87 Å². The summed E-state index contributed by atoms with van der Waals surface area (Å²) in [5, 5.41) is 8.91. The highest BCUT2D eigenvalue weighted by Crippen LogP contribution is 2.19. The number of aryl methyl sites for hydroxylation is 1. The Hall–Kier alpha value is -1.54. The number of sulfonamides is 1. The molecule has 1 aromatic rings. The maximum absolute atomic E-state index is 12.2. The summed E-state index contributed by atoms with van der Waals surface area (Å²) < 4.78 is 48.8. The van der Waals surface area contributed by atoms with Crippen molar-refractivity contribution in [3.8, 4) is 0 Å². The van der Waals surface area contributed by atoms with E-state index in [1.54, 1.807) is 0 Å². The highest BCUT2D eigenvalue weighted by Gasteiger charge is 2.24. The first-order chi connectivity index (χ1) is 8.66. The van der Waals surface area contributed by atoms with Crippen LogP contribution in [-0.2, 0) is 10.0 Å². The summed E-state index contributed by atoms with van der Waals surface area (Å²) in [4.78, 5) is 10.6. The number of hydrogen-bond donors (Lipinski definition) is 1. The summed E-state index contributed by atoms with van der Waals surface area (Å²) in [6.07, 6.45) is -2.80. The second-order valence-corrected chi connectivity index (χ2v) is 6.00. The molecule has 0 aliphatic heterocycles. The van der Waals surface area contributed by atoms with Gasteiger partial charge >= 0.3 is 5.97 Å². The van der Waals surface area contributed by atoms with Gasteiger partial charge in [-0.3, -0.25) is 0 Å². The first kappa shape index (κ1) is 15.5. The molecule has 0 saturated heterocycles. The monoisotopic (exact) mass is 293 g/mol. The van der Waals surface area contributed by atoms with Crippen LogP contribution < -0.4 is 0 Å². The molecule has 1 rings (SSSR count). The summed E-state index contributed by atoms with van der Waals surface area (Å²) in [6, 6.07) is 3.49. The van der Waals surface area contributed by atoms with E-state index < -0.39 is 29.0 Å². The van der Waals surface area contributed by atoms with Gasteiger partial charge in [0.2, 0.25) is 10.0 Å². The average Bonchev–Trinajstić information content (AvgIpc) is 2.27. The highest BCUT2D eigenvalue weighted by molar-refractivity contribution is 7.89. The lowest BCUT2D eigenvalue weighted by Crippen LogP contribution is -2.31. The summed E-state index contributed by atoms with van der Waals surface area (Å²) in [6.45, 7) is 0.571. The summed E-state index contributed by atoms with van der Waals surface area (Å²) >= 11 is 0. The Morgan fingerprint density at radius 3 is 2.47 bits per heavy atom. The van der Waals surface area contributed by atoms with Gasteiger partial charge in [0.25, 0.3) is 6.43 Å². The maximum Gasteiger partial charge on any atom is 0.335 e. The molecule has 5 nitrogen and oxygen atoms in total. The van der Waals surface area contributed by atoms with Gasteiger partial charge in [-0.2, -0.15) is 4.31 Å². The molecule has 0 unspecified atom stereocenters. The zero-order valence-corrected chi connectivity index (χ0v) is 11.1. The summed E-state index contributed by atoms with van der Waals surface area (Å²) in [5.41, 5.74) is 0.217. The molecule has 0 aliphatic rings. The summed E-state index contributed by atoms with van der Waals surface area (Å²) in [7, 11) is -3.10. The molecule has 0 aromatic heterocycles. The molecule has 0 fully saturated rings. The van der Waals surface area contributed by atoms with E-state index in [9.17, 15) is 22.0 Å². The van der Waals surface area contributed by atoms with Gasteiger partial charge in [-0.15, -0.1) is 0 Å². The molecule has 0 bridgehead atoms. The molecule has 0 atom stereocenters. The molecule has 0 saturated carbocycles. The fraction of sp³-hybridized carbons (Fsp3) is 0.364. The molecule has 19 heavy (non-hydrogen) atoms. The van der Waals surface area contributed by atoms with Crippen LogP contribution in [0.5, 0.6) is 0 Å². The first-order valence-corrected chi connectivity index (χ1v) is 6.68. The Morgan fingerprint density at radius 2 is 2.00 bits per heavy atom. The van der Waals surface area contributed by atoms with Crippen LogP contribution in [0.1, 0.15) is 15.9 Å². The number of hydrogen-bond acceptors (Lipinski definition) is 3. The van der Waals surface area contributed by atoms with Crippen LogP contribution in [0, 0.1) is 6.92 Å². The molecule has 1 N–H and O–H groups in total. The minimum atomic E-state index is -4.12. The van der Waals surface area contributed by atoms with Crippen LogP contribution in [0.15, 0.2) is 23.1 Å². The lowest BCUT2D eigenvalue weighted by Gasteiger charge is -2.17. The third-order valence-electron chi connectivity index (χ3n) is 2.54. The Kier molecular flexibility index (Phi) is 4.59. The van der Waals surface area contributed by atoms with Gasteiger partial charge < -0.3 is 5.11 Å². The fourth-order valence-electron chi connectivity index (χ4n) is 1.46. The second kappa shape index (κ2) is 5.62. The Bertz CT molecular complexity index is 586. The van der Waals surface area contributed by atoms with Gasteiger partial charge in [-0.1, -0.05) is 6.07 Å². The van der Waals surface area contributed by atoms with E-state index in [1.807, 2.05) is 0 Å². The molecule has 8 heteroatoms. The number of halogens is 2. The van der Waals surface area contributed by atoms with Gasteiger partial charge in [0, 0.05) is 7.05 Å². The standard InChI is InChI=1S/C11H13F2NO4S/c1-7-3-4-8(5-9(7)11(15)16)19(17,18)14(2)6-10(12)13/h3-5,10H,6H2,1-2H3,(H,15,16). The molecule has 0 spiro atoms. The van der Waals surface area contributed by atoms with Crippen LogP contribution >= 0.6 is 0 Å². The Labute approximate surface area is 109 Å². The minimum absolute atomic E-state index is 0.175. The van der Waals surface area contributed by atoms with E-state index in [0.717, 1.165) is 13.1 Å².